The van der Waals surface area contributed by atoms with Crippen molar-refractivity contribution in [2.75, 3.05) is 29.4 Å². The topological polar surface area (TPSA) is 95.0 Å². The van der Waals surface area contributed by atoms with Gasteiger partial charge in [-0.1, -0.05) is 19.4 Å². The van der Waals surface area contributed by atoms with Gasteiger partial charge in [-0.3, -0.25) is 14.7 Å². The van der Waals surface area contributed by atoms with Crippen LogP contribution in [0.15, 0.2) is 42.7 Å². The summed E-state index contributed by atoms with van der Waals surface area (Å²) < 4.78 is 5.60. The van der Waals surface area contributed by atoms with E-state index >= 15 is 0 Å². The van der Waals surface area contributed by atoms with Crippen LogP contribution in [-0.4, -0.2) is 53.4 Å². The number of fused-ring (bicyclic) bond motifs is 1. The molecule has 190 valence electrons. The second-order valence-electron chi connectivity index (χ2n) is 9.91. The van der Waals surface area contributed by atoms with Gasteiger partial charge in [0, 0.05) is 26.2 Å². The number of anilines is 2. The Morgan fingerprint density at radius 3 is 2.69 bits per heavy atom. The molecule has 0 radical (unpaired) electrons. The smallest absolute Gasteiger partial charge is 0.408 e. The van der Waals surface area contributed by atoms with Gasteiger partial charge in [-0.2, -0.15) is 0 Å². The Hall–Kier alpha value is -2.97. The number of aliphatic hydroxyl groups is 1. The fraction of sp³-hybridized carbons (Fsp3) is 0.519. The molecule has 1 unspecified atom stereocenters. The molecule has 2 heterocycles. The maximum Gasteiger partial charge on any atom is 0.419 e. The largest absolute Gasteiger partial charge is 0.419 e. The molecule has 35 heavy (non-hydrogen) atoms. The average molecular weight is 483 g/mol. The summed E-state index contributed by atoms with van der Waals surface area (Å²) in [5.41, 5.74) is 1.76. The Balaban J connectivity index is 1.90. The minimum Gasteiger partial charge on any atom is -0.408 e. The number of nitrogens with one attached hydrogen (secondary N) is 1. The van der Waals surface area contributed by atoms with Crippen LogP contribution in [0.4, 0.5) is 16.2 Å². The maximum atomic E-state index is 13.2. The van der Waals surface area contributed by atoms with Gasteiger partial charge >= 0.3 is 6.09 Å². The van der Waals surface area contributed by atoms with Crippen molar-refractivity contribution in [2.45, 2.75) is 71.4 Å². The number of amides is 2. The Kier molecular flexibility index (Phi) is 8.86. The quantitative estimate of drug-likeness (QED) is 0.512. The number of benzene rings is 1. The van der Waals surface area contributed by atoms with E-state index in [2.05, 4.69) is 23.3 Å². The van der Waals surface area contributed by atoms with Crippen LogP contribution in [0.5, 0.6) is 5.75 Å². The van der Waals surface area contributed by atoms with Crippen molar-refractivity contribution in [2.24, 2.45) is 0 Å². The number of hydrogen-bond acceptors (Lipinski definition) is 6. The molecule has 2 atom stereocenters. The number of aromatic nitrogens is 1. The van der Waals surface area contributed by atoms with E-state index in [4.69, 9.17) is 4.74 Å². The Labute approximate surface area is 208 Å². The third kappa shape index (κ3) is 7.02. The highest BCUT2D eigenvalue weighted by molar-refractivity contribution is 6.02. The molecule has 0 fully saturated rings. The summed E-state index contributed by atoms with van der Waals surface area (Å²) in [5, 5.41) is 13.5. The number of rotatable bonds is 9. The fourth-order valence-electron chi connectivity index (χ4n) is 4.52. The Morgan fingerprint density at radius 2 is 2.06 bits per heavy atom. The lowest BCUT2D eigenvalue weighted by Crippen LogP contribution is -2.52. The van der Waals surface area contributed by atoms with E-state index < -0.39 is 11.7 Å². The zero-order valence-electron chi connectivity index (χ0n) is 21.5. The molecule has 1 aliphatic heterocycles. The van der Waals surface area contributed by atoms with Crippen molar-refractivity contribution in [1.82, 2.24) is 10.3 Å². The third-order valence-electron chi connectivity index (χ3n) is 6.25. The molecule has 2 N–H and O–H groups in total. The highest BCUT2D eigenvalue weighted by atomic mass is 16.6. The molecule has 0 saturated heterocycles. The number of nitrogens with zero attached hydrogens (tertiary/aromatic N) is 3. The van der Waals surface area contributed by atoms with Gasteiger partial charge in [-0.25, -0.2) is 4.79 Å². The lowest BCUT2D eigenvalue weighted by atomic mass is 9.92. The molecule has 2 amide bonds. The van der Waals surface area contributed by atoms with Crippen LogP contribution in [0.1, 0.15) is 65.4 Å². The second-order valence-corrected chi connectivity index (χ2v) is 9.91. The van der Waals surface area contributed by atoms with Gasteiger partial charge in [0.2, 0.25) is 5.91 Å². The first-order valence-electron chi connectivity index (χ1n) is 12.4. The van der Waals surface area contributed by atoms with Crippen molar-refractivity contribution in [1.29, 1.82) is 0 Å². The van der Waals surface area contributed by atoms with Gasteiger partial charge in [0.1, 0.15) is 0 Å². The van der Waals surface area contributed by atoms with Crippen molar-refractivity contribution in [3.05, 3.63) is 48.3 Å². The van der Waals surface area contributed by atoms with E-state index in [9.17, 15) is 14.7 Å². The molecule has 1 aromatic carbocycles. The summed E-state index contributed by atoms with van der Waals surface area (Å²) >= 11 is 0. The van der Waals surface area contributed by atoms with Gasteiger partial charge in [0.05, 0.1) is 29.2 Å². The first kappa shape index (κ1) is 26.6. The number of pyridine rings is 1. The maximum absolute atomic E-state index is 13.2. The standard InChI is InChI=1S/C27H38N4O4/c1-6-8-22(16-29-14-12-27(4,5)34)21-10-11-24-25(15-21)30(18-19(2)31(24)20(3)32)26(33)35-23-9-7-13-28-17-23/h7,9-11,13,15,17,19,22,29,34H,6,8,12,14,16,18H2,1-5H3/t19-,22?/m0/s1. The van der Waals surface area contributed by atoms with Gasteiger partial charge < -0.3 is 20.1 Å². The summed E-state index contributed by atoms with van der Waals surface area (Å²) in [6.45, 7) is 11.0. The zero-order chi connectivity index (χ0) is 25.6. The number of carbonyl (C=O) groups is 2. The van der Waals surface area contributed by atoms with Crippen molar-refractivity contribution >= 4 is 23.4 Å². The lowest BCUT2D eigenvalue weighted by molar-refractivity contribution is -0.117. The summed E-state index contributed by atoms with van der Waals surface area (Å²) in [7, 11) is 0. The number of hydrogen-bond donors (Lipinski definition) is 2. The van der Waals surface area contributed by atoms with E-state index in [0.717, 1.165) is 24.9 Å². The summed E-state index contributed by atoms with van der Waals surface area (Å²) in [6, 6.07) is 9.21. The van der Waals surface area contributed by atoms with Gasteiger partial charge in [-0.05, 0) is 75.9 Å². The first-order valence-corrected chi connectivity index (χ1v) is 12.4. The molecular formula is C27H38N4O4. The van der Waals surface area contributed by atoms with Crippen LogP contribution in [0.3, 0.4) is 0 Å². The van der Waals surface area contributed by atoms with E-state index in [1.54, 1.807) is 35.1 Å². The third-order valence-corrected chi connectivity index (χ3v) is 6.25. The number of ether oxygens (including phenoxy) is 1. The van der Waals surface area contributed by atoms with Gasteiger partial charge in [0.25, 0.3) is 0 Å². The predicted molar refractivity (Wildman–Crippen MR) is 138 cm³/mol. The predicted octanol–water partition coefficient (Wildman–Crippen LogP) is 4.48. The van der Waals surface area contributed by atoms with Crippen LogP contribution in [-0.2, 0) is 4.79 Å². The monoisotopic (exact) mass is 482 g/mol. The minimum absolute atomic E-state index is 0.0647. The summed E-state index contributed by atoms with van der Waals surface area (Å²) in [6.07, 6.45) is 5.27. The first-order chi connectivity index (χ1) is 16.6. The molecule has 0 aliphatic carbocycles. The second kappa shape index (κ2) is 11.6. The highest BCUT2D eigenvalue weighted by Gasteiger charge is 2.35. The molecule has 8 heteroatoms. The Morgan fingerprint density at radius 1 is 1.29 bits per heavy atom. The molecular weight excluding hydrogens is 444 g/mol. The average Bonchev–Trinajstić information content (AvgIpc) is 2.80. The lowest BCUT2D eigenvalue weighted by Gasteiger charge is -2.40. The molecule has 1 aromatic heterocycles. The normalized spacial score (nSPS) is 16.6. The number of carbonyl (C=O) groups excluding carboxylic acids is 2. The molecule has 2 aromatic rings. The minimum atomic E-state index is -0.707. The van der Waals surface area contributed by atoms with Crippen LogP contribution < -0.4 is 19.9 Å². The molecule has 3 rings (SSSR count). The molecule has 0 spiro atoms. The SMILES string of the molecule is CCCC(CNCCC(C)(C)O)c1ccc2c(c1)N(C(=O)Oc1cccnc1)C[C@H](C)N2C(C)=O. The van der Waals surface area contributed by atoms with E-state index in [1.165, 1.54) is 6.20 Å². The van der Waals surface area contributed by atoms with Crippen molar-refractivity contribution in [3.8, 4) is 5.75 Å². The highest BCUT2D eigenvalue weighted by Crippen LogP contribution is 2.39. The van der Waals surface area contributed by atoms with Crippen LogP contribution in [0, 0.1) is 0 Å². The van der Waals surface area contributed by atoms with E-state index in [0.29, 0.717) is 36.6 Å². The van der Waals surface area contributed by atoms with Crippen LogP contribution in [0.2, 0.25) is 0 Å². The van der Waals surface area contributed by atoms with E-state index in [-0.39, 0.29) is 17.9 Å². The van der Waals surface area contributed by atoms with Crippen molar-refractivity contribution < 1.29 is 19.4 Å². The van der Waals surface area contributed by atoms with Gasteiger partial charge in [-0.15, -0.1) is 0 Å². The summed E-state index contributed by atoms with van der Waals surface area (Å²) in [4.78, 5) is 33.0. The van der Waals surface area contributed by atoms with E-state index in [1.807, 2.05) is 32.9 Å². The summed E-state index contributed by atoms with van der Waals surface area (Å²) in [5.74, 6) is 0.537. The van der Waals surface area contributed by atoms with Crippen LogP contribution >= 0.6 is 0 Å². The van der Waals surface area contributed by atoms with Gasteiger partial charge in [0.15, 0.2) is 5.75 Å². The molecule has 0 bridgehead atoms. The Bertz CT molecular complexity index is 1010. The van der Waals surface area contributed by atoms with Crippen molar-refractivity contribution in [3.63, 3.8) is 0 Å². The zero-order valence-corrected chi connectivity index (χ0v) is 21.5. The molecule has 0 saturated carbocycles. The molecule has 1 aliphatic rings. The van der Waals surface area contributed by atoms with Crippen LogP contribution in [0.25, 0.3) is 0 Å². The fourth-order valence-corrected chi connectivity index (χ4v) is 4.52. The molecule has 8 nitrogen and oxygen atoms in total.